The molecule has 7 heteroatoms. The Balaban J connectivity index is 1.52. The van der Waals surface area contributed by atoms with Crippen LogP contribution in [-0.4, -0.2) is 22.6 Å². The number of aliphatic imine (C=N–C) groups is 2. The van der Waals surface area contributed by atoms with Gasteiger partial charge in [-0.05, 0) is 34.1 Å². The van der Waals surface area contributed by atoms with Gasteiger partial charge in [0.1, 0.15) is 23.1 Å². The number of rotatable bonds is 2. The number of nitrogens with two attached hydrogens (primary N) is 1. The van der Waals surface area contributed by atoms with Crippen molar-refractivity contribution in [3.8, 4) is 0 Å². The van der Waals surface area contributed by atoms with Crippen LogP contribution in [0, 0.1) is 0 Å². The van der Waals surface area contributed by atoms with Crippen LogP contribution in [-0.2, 0) is 0 Å². The van der Waals surface area contributed by atoms with Gasteiger partial charge >= 0.3 is 0 Å². The fourth-order valence-corrected chi connectivity index (χ4v) is 3.58. The third kappa shape index (κ3) is 2.08. The minimum atomic E-state index is -0.314. The summed E-state index contributed by atoms with van der Waals surface area (Å²) in [6.45, 7) is 0. The second kappa shape index (κ2) is 5.35. The number of fused-ring (bicyclic) bond motifs is 4. The smallest absolute Gasteiger partial charge is 0.300 e. The molecule has 0 saturated carbocycles. The summed E-state index contributed by atoms with van der Waals surface area (Å²) in [6, 6.07) is 17.5. The lowest BCUT2D eigenvalue weighted by Gasteiger charge is -2.19. The van der Waals surface area contributed by atoms with Gasteiger partial charge in [0.25, 0.3) is 11.7 Å². The van der Waals surface area contributed by atoms with E-state index in [-0.39, 0.29) is 4.70 Å². The molecule has 0 spiro atoms. The van der Waals surface area contributed by atoms with Crippen molar-refractivity contribution < 1.29 is 13.5 Å². The molecule has 2 N–H and O–H groups in total. The minimum Gasteiger partial charge on any atom is -0.461 e. The van der Waals surface area contributed by atoms with Crippen molar-refractivity contribution >= 4 is 45.5 Å². The Kier molecular flexibility index (Phi) is 2.92. The van der Waals surface area contributed by atoms with Crippen LogP contribution in [0.5, 0.6) is 0 Å². The molecular weight excluding hydrogens is 354 g/mol. The second-order valence-electron chi connectivity index (χ2n) is 6.66. The standard InChI is InChI=1S/C21H14N5O2/c22-26-12-16(23-11-19(26)24-21(25-26)18-9-4-10-27-18)15-7-3-6-14-13-5-1-2-8-17(13)28-20(14)15/h1-12H,22H2/q+1. The van der Waals surface area contributed by atoms with Gasteiger partial charge < -0.3 is 8.83 Å². The maximum absolute atomic E-state index is 6.49. The van der Waals surface area contributed by atoms with Crippen LogP contribution in [0.15, 0.2) is 91.0 Å². The fourth-order valence-electron chi connectivity index (χ4n) is 3.58. The Morgan fingerprint density at radius 1 is 0.929 bits per heavy atom. The molecule has 7 nitrogen and oxygen atoms in total. The zero-order valence-corrected chi connectivity index (χ0v) is 14.6. The van der Waals surface area contributed by atoms with Gasteiger partial charge in [-0.1, -0.05) is 30.3 Å². The Morgan fingerprint density at radius 2 is 1.82 bits per heavy atom. The quantitative estimate of drug-likeness (QED) is 0.428. The third-order valence-corrected chi connectivity index (χ3v) is 4.91. The molecule has 0 saturated heterocycles. The summed E-state index contributed by atoms with van der Waals surface area (Å²) in [5, 5.41) is 6.62. The van der Waals surface area contributed by atoms with Crippen molar-refractivity contribution in [1.82, 2.24) is 0 Å². The molecule has 0 amide bonds. The maximum Gasteiger partial charge on any atom is 0.300 e. The normalized spacial score (nSPS) is 21.0. The van der Waals surface area contributed by atoms with Crippen LogP contribution in [0.4, 0.5) is 0 Å². The molecule has 1 atom stereocenters. The van der Waals surface area contributed by atoms with Gasteiger partial charge in [-0.3, -0.25) is 0 Å². The Labute approximate surface area is 158 Å². The number of nitrogens with zero attached hydrogens (tertiary/aromatic N) is 4. The van der Waals surface area contributed by atoms with Crippen molar-refractivity contribution in [2.75, 3.05) is 0 Å². The van der Waals surface area contributed by atoms with Gasteiger partial charge in [0.2, 0.25) is 0 Å². The summed E-state index contributed by atoms with van der Waals surface area (Å²) in [4.78, 5) is 9.02. The first-order valence-electron chi connectivity index (χ1n) is 8.79. The van der Waals surface area contributed by atoms with E-state index in [9.17, 15) is 0 Å². The van der Waals surface area contributed by atoms with Crippen LogP contribution >= 0.6 is 0 Å². The number of furan rings is 2. The molecule has 0 bridgehead atoms. The van der Waals surface area contributed by atoms with Gasteiger partial charge in [0.05, 0.1) is 6.26 Å². The van der Waals surface area contributed by atoms with E-state index in [1.165, 1.54) is 0 Å². The lowest BCUT2D eigenvalue weighted by atomic mass is 10.1. The lowest BCUT2D eigenvalue weighted by Crippen LogP contribution is -2.50. The van der Waals surface area contributed by atoms with Crippen molar-refractivity contribution in [2.24, 2.45) is 20.9 Å². The average molecular weight is 368 g/mol. The largest absolute Gasteiger partial charge is 0.461 e. The number of para-hydroxylation sites is 2. The number of benzene rings is 2. The highest BCUT2D eigenvalue weighted by Crippen LogP contribution is 2.35. The molecule has 2 aliphatic rings. The number of hydrogen-bond acceptors (Lipinski definition) is 6. The molecule has 0 aliphatic carbocycles. The van der Waals surface area contributed by atoms with Crippen molar-refractivity contribution in [2.45, 2.75) is 0 Å². The predicted molar refractivity (Wildman–Crippen MR) is 107 cm³/mol. The monoisotopic (exact) mass is 368 g/mol. The van der Waals surface area contributed by atoms with Gasteiger partial charge in [-0.2, -0.15) is 4.99 Å². The maximum atomic E-state index is 6.49. The van der Waals surface area contributed by atoms with E-state index in [1.807, 2.05) is 42.5 Å². The second-order valence-corrected chi connectivity index (χ2v) is 6.66. The van der Waals surface area contributed by atoms with E-state index >= 15 is 0 Å². The van der Waals surface area contributed by atoms with Gasteiger partial charge in [0.15, 0.2) is 12.0 Å². The van der Waals surface area contributed by atoms with E-state index in [0.29, 0.717) is 23.1 Å². The molecule has 0 radical (unpaired) electrons. The number of quaternary nitrogens is 1. The molecule has 4 aromatic rings. The SMILES string of the molecule is N[N+]12C=C(c3cccc4c3oc3ccccc34)N=CC1=NC(c1ccco1)=N2. The first kappa shape index (κ1) is 15.3. The van der Waals surface area contributed by atoms with E-state index in [0.717, 1.165) is 27.5 Å². The Bertz CT molecular complexity index is 1370. The third-order valence-electron chi connectivity index (χ3n) is 4.91. The molecule has 0 fully saturated rings. The van der Waals surface area contributed by atoms with Crippen LogP contribution < -0.4 is 5.84 Å². The summed E-state index contributed by atoms with van der Waals surface area (Å²) in [5.41, 5.74) is 3.14. The minimum absolute atomic E-state index is 0.314. The average Bonchev–Trinajstić information content (AvgIpc) is 3.43. The van der Waals surface area contributed by atoms with E-state index in [2.05, 4.69) is 15.1 Å². The summed E-state index contributed by atoms with van der Waals surface area (Å²) >= 11 is 0. The molecular formula is C21H14N5O2+. The van der Waals surface area contributed by atoms with E-state index < -0.39 is 0 Å². The van der Waals surface area contributed by atoms with Crippen LogP contribution in [0.25, 0.3) is 27.6 Å². The highest BCUT2D eigenvalue weighted by atomic mass is 16.3. The molecule has 1 unspecified atom stereocenters. The highest BCUT2D eigenvalue weighted by Gasteiger charge is 2.40. The van der Waals surface area contributed by atoms with Gasteiger partial charge in [-0.25, -0.2) is 4.99 Å². The zero-order chi connectivity index (χ0) is 18.7. The molecule has 28 heavy (non-hydrogen) atoms. The molecule has 4 heterocycles. The first-order chi connectivity index (χ1) is 13.7. The van der Waals surface area contributed by atoms with Crippen molar-refractivity contribution in [1.29, 1.82) is 0 Å². The number of hydrogen-bond donors (Lipinski definition) is 1. The van der Waals surface area contributed by atoms with Crippen molar-refractivity contribution in [3.63, 3.8) is 0 Å². The molecule has 2 aromatic heterocycles. The fraction of sp³-hybridized carbons (Fsp3) is 0. The molecule has 2 aliphatic heterocycles. The predicted octanol–water partition coefficient (Wildman–Crippen LogP) is 4.03. The zero-order valence-electron chi connectivity index (χ0n) is 14.6. The van der Waals surface area contributed by atoms with Gasteiger partial charge in [-0.15, -0.1) is 5.84 Å². The van der Waals surface area contributed by atoms with Gasteiger partial charge in [0, 0.05) is 16.3 Å². The summed E-state index contributed by atoms with van der Waals surface area (Å²) in [6.07, 6.45) is 4.97. The van der Waals surface area contributed by atoms with E-state index in [1.54, 1.807) is 30.8 Å². The Morgan fingerprint density at radius 3 is 2.71 bits per heavy atom. The lowest BCUT2D eigenvalue weighted by molar-refractivity contribution is -0.802. The summed E-state index contributed by atoms with van der Waals surface area (Å²) in [5.74, 6) is 8.01. The molecule has 6 rings (SSSR count). The van der Waals surface area contributed by atoms with Crippen LogP contribution in [0.2, 0.25) is 0 Å². The summed E-state index contributed by atoms with van der Waals surface area (Å²) < 4.78 is 11.2. The molecule has 2 aromatic carbocycles. The summed E-state index contributed by atoms with van der Waals surface area (Å²) in [7, 11) is 0. The highest BCUT2D eigenvalue weighted by molar-refractivity contribution is 6.32. The topological polar surface area (TPSA) is 89.4 Å². The van der Waals surface area contributed by atoms with Crippen LogP contribution in [0.1, 0.15) is 11.3 Å². The first-order valence-corrected chi connectivity index (χ1v) is 8.79. The Hall–Kier alpha value is -3.81. The molecule has 134 valence electrons. The van der Waals surface area contributed by atoms with Crippen molar-refractivity contribution in [3.05, 3.63) is 78.4 Å². The van der Waals surface area contributed by atoms with E-state index in [4.69, 9.17) is 14.7 Å². The number of amidine groups is 2. The van der Waals surface area contributed by atoms with Crippen LogP contribution in [0.3, 0.4) is 0 Å².